The van der Waals surface area contributed by atoms with Gasteiger partial charge in [0.15, 0.2) is 17.3 Å². The Labute approximate surface area is 159 Å². The number of hydrogen-bond acceptors (Lipinski definition) is 5. The number of amides is 1. The minimum atomic E-state index is -0.823. The molecule has 0 spiro atoms. The average molecular weight is 386 g/mol. The van der Waals surface area contributed by atoms with Crippen LogP contribution in [0.1, 0.15) is 12.6 Å². The number of nitrogens with zero attached hydrogens (tertiary/aromatic N) is 1. The van der Waals surface area contributed by atoms with Crippen molar-refractivity contribution in [3.63, 3.8) is 0 Å². The van der Waals surface area contributed by atoms with E-state index < -0.39 is 23.8 Å². The van der Waals surface area contributed by atoms with Crippen molar-refractivity contribution in [1.82, 2.24) is 10.5 Å². The van der Waals surface area contributed by atoms with Crippen LogP contribution < -0.4 is 14.8 Å². The number of carbonyl (C=O) groups excluding carboxylic acids is 1. The summed E-state index contributed by atoms with van der Waals surface area (Å²) in [7, 11) is 0. The molecule has 1 aliphatic rings. The van der Waals surface area contributed by atoms with Gasteiger partial charge in [-0.3, -0.25) is 4.79 Å². The fourth-order valence-electron chi connectivity index (χ4n) is 2.90. The van der Waals surface area contributed by atoms with E-state index in [4.69, 9.17) is 14.0 Å². The Balaban J connectivity index is 1.41. The topological polar surface area (TPSA) is 73.6 Å². The number of rotatable bonds is 4. The number of benzene rings is 2. The van der Waals surface area contributed by atoms with Gasteiger partial charge >= 0.3 is 0 Å². The highest BCUT2D eigenvalue weighted by molar-refractivity contribution is 5.82. The molecular formula is C20H16F2N2O4. The van der Waals surface area contributed by atoms with Crippen LogP contribution in [0.15, 0.2) is 53.1 Å². The number of halogens is 2. The first-order chi connectivity index (χ1) is 13.5. The number of para-hydroxylation sites is 2. The molecular weight excluding hydrogens is 370 g/mol. The lowest BCUT2D eigenvalue weighted by molar-refractivity contribution is -0.133. The van der Waals surface area contributed by atoms with Crippen molar-refractivity contribution in [2.24, 2.45) is 0 Å². The fraction of sp³-hybridized carbons (Fsp3) is 0.200. The highest BCUT2D eigenvalue weighted by Gasteiger charge is 2.33. The van der Waals surface area contributed by atoms with Gasteiger partial charge in [-0.2, -0.15) is 0 Å². The van der Waals surface area contributed by atoms with Gasteiger partial charge in [-0.25, -0.2) is 8.78 Å². The predicted octanol–water partition coefficient (Wildman–Crippen LogP) is 3.46. The molecule has 6 nitrogen and oxygen atoms in total. The Kier molecular flexibility index (Phi) is 4.68. The van der Waals surface area contributed by atoms with Gasteiger partial charge < -0.3 is 19.3 Å². The van der Waals surface area contributed by atoms with Gasteiger partial charge in [0.1, 0.15) is 23.4 Å². The molecule has 2 atom stereocenters. The molecule has 3 aromatic rings. The van der Waals surface area contributed by atoms with Gasteiger partial charge in [0, 0.05) is 12.1 Å². The highest BCUT2D eigenvalue weighted by Crippen LogP contribution is 2.33. The van der Waals surface area contributed by atoms with Crippen LogP contribution in [0, 0.1) is 11.6 Å². The Bertz CT molecular complexity index is 1020. The number of aromatic nitrogens is 1. The van der Waals surface area contributed by atoms with Crippen LogP contribution in [0.4, 0.5) is 8.78 Å². The van der Waals surface area contributed by atoms with E-state index in [0.717, 1.165) is 12.1 Å². The molecule has 8 heteroatoms. The molecule has 0 saturated carbocycles. The molecule has 1 aliphatic heterocycles. The van der Waals surface area contributed by atoms with Crippen LogP contribution in [0.3, 0.4) is 0 Å². The van der Waals surface area contributed by atoms with E-state index in [1.54, 1.807) is 25.1 Å². The Morgan fingerprint density at radius 3 is 2.61 bits per heavy atom. The Hall–Kier alpha value is -3.42. The van der Waals surface area contributed by atoms with E-state index in [1.165, 1.54) is 12.1 Å². The molecule has 4 rings (SSSR count). The van der Waals surface area contributed by atoms with E-state index in [1.807, 2.05) is 6.07 Å². The summed E-state index contributed by atoms with van der Waals surface area (Å²) in [6.07, 6.45) is -1.30. The van der Waals surface area contributed by atoms with E-state index in [9.17, 15) is 13.6 Å². The molecule has 2 aromatic carbocycles. The van der Waals surface area contributed by atoms with Crippen LogP contribution in [-0.2, 0) is 11.3 Å². The van der Waals surface area contributed by atoms with Gasteiger partial charge in [-0.1, -0.05) is 17.3 Å². The summed E-state index contributed by atoms with van der Waals surface area (Å²) in [6, 6.07) is 11.7. The molecule has 2 unspecified atom stereocenters. The molecule has 1 N–H and O–H groups in total. The molecule has 144 valence electrons. The zero-order valence-electron chi connectivity index (χ0n) is 14.8. The number of ether oxygens (including phenoxy) is 2. The van der Waals surface area contributed by atoms with Crippen molar-refractivity contribution in [2.75, 3.05) is 0 Å². The van der Waals surface area contributed by atoms with E-state index in [-0.39, 0.29) is 23.8 Å². The first-order valence-electron chi connectivity index (χ1n) is 8.62. The molecule has 0 radical (unpaired) electrons. The zero-order valence-corrected chi connectivity index (χ0v) is 14.8. The molecule has 1 amide bonds. The van der Waals surface area contributed by atoms with E-state index in [0.29, 0.717) is 17.2 Å². The first-order valence-corrected chi connectivity index (χ1v) is 8.62. The lowest BCUT2D eigenvalue weighted by Crippen LogP contribution is -2.48. The summed E-state index contributed by atoms with van der Waals surface area (Å²) in [6.45, 7) is 1.80. The summed E-state index contributed by atoms with van der Waals surface area (Å²) in [5.74, 6) is -0.593. The summed E-state index contributed by atoms with van der Waals surface area (Å²) in [5.41, 5.74) is 0.470. The summed E-state index contributed by atoms with van der Waals surface area (Å²) in [5, 5.41) is 6.50. The van der Waals surface area contributed by atoms with Gasteiger partial charge in [0.2, 0.25) is 6.10 Å². The lowest BCUT2D eigenvalue weighted by Gasteiger charge is -2.30. The molecule has 28 heavy (non-hydrogen) atoms. The third-order valence-electron chi connectivity index (χ3n) is 4.30. The Morgan fingerprint density at radius 2 is 1.86 bits per heavy atom. The number of fused-ring (bicyclic) bond motifs is 1. The molecule has 2 heterocycles. The Morgan fingerprint density at radius 1 is 1.11 bits per heavy atom. The average Bonchev–Trinajstić information content (AvgIpc) is 3.14. The molecule has 1 aromatic heterocycles. The maximum Gasteiger partial charge on any atom is 0.265 e. The fourth-order valence-corrected chi connectivity index (χ4v) is 2.90. The van der Waals surface area contributed by atoms with E-state index >= 15 is 0 Å². The SMILES string of the molecule is CC1Oc2ccccc2OC1C(=O)NCc1cc(-c2ccc(F)cc2F)on1. The van der Waals surface area contributed by atoms with Gasteiger partial charge in [-0.05, 0) is 31.2 Å². The standard InChI is InChI=1S/C20H16F2N2O4/c1-11-19(27-17-5-3-2-4-16(17)26-11)20(25)23-10-13-9-18(28-24-13)14-7-6-12(21)8-15(14)22/h2-9,11,19H,10H2,1H3,(H,23,25). The van der Waals surface area contributed by atoms with Crippen molar-refractivity contribution in [1.29, 1.82) is 0 Å². The summed E-state index contributed by atoms with van der Waals surface area (Å²) in [4.78, 5) is 12.5. The van der Waals surface area contributed by atoms with Crippen molar-refractivity contribution in [3.05, 3.63) is 65.9 Å². The van der Waals surface area contributed by atoms with Gasteiger partial charge in [0.05, 0.1) is 12.1 Å². The molecule has 0 aliphatic carbocycles. The van der Waals surface area contributed by atoms with Crippen molar-refractivity contribution in [3.8, 4) is 22.8 Å². The minimum absolute atomic E-state index is 0.0549. The maximum absolute atomic E-state index is 13.8. The predicted molar refractivity (Wildman–Crippen MR) is 94.6 cm³/mol. The maximum atomic E-state index is 13.8. The van der Waals surface area contributed by atoms with Gasteiger partial charge in [0.25, 0.3) is 5.91 Å². The van der Waals surface area contributed by atoms with Crippen LogP contribution in [0.2, 0.25) is 0 Å². The van der Waals surface area contributed by atoms with E-state index in [2.05, 4.69) is 10.5 Å². The molecule has 0 saturated heterocycles. The summed E-state index contributed by atoms with van der Waals surface area (Å²) < 4.78 is 43.4. The lowest BCUT2D eigenvalue weighted by atomic mass is 10.1. The van der Waals surface area contributed by atoms with Crippen molar-refractivity contribution in [2.45, 2.75) is 25.7 Å². The zero-order chi connectivity index (χ0) is 19.7. The quantitative estimate of drug-likeness (QED) is 0.743. The smallest absolute Gasteiger partial charge is 0.265 e. The second-order valence-corrected chi connectivity index (χ2v) is 6.33. The number of hydrogen-bond donors (Lipinski definition) is 1. The third kappa shape index (κ3) is 3.53. The van der Waals surface area contributed by atoms with Crippen molar-refractivity contribution < 1.29 is 27.6 Å². The van der Waals surface area contributed by atoms with Crippen molar-refractivity contribution >= 4 is 5.91 Å². The van der Waals surface area contributed by atoms with Crippen LogP contribution in [0.5, 0.6) is 11.5 Å². The number of nitrogens with one attached hydrogen (secondary N) is 1. The number of carbonyl (C=O) groups is 1. The largest absolute Gasteiger partial charge is 0.482 e. The van der Waals surface area contributed by atoms with Crippen LogP contribution in [0.25, 0.3) is 11.3 Å². The monoisotopic (exact) mass is 386 g/mol. The van der Waals surface area contributed by atoms with Crippen LogP contribution in [-0.4, -0.2) is 23.3 Å². The third-order valence-corrected chi connectivity index (χ3v) is 4.30. The first kappa shape index (κ1) is 18.0. The minimum Gasteiger partial charge on any atom is -0.482 e. The van der Waals surface area contributed by atoms with Gasteiger partial charge in [-0.15, -0.1) is 0 Å². The summed E-state index contributed by atoms with van der Waals surface area (Å²) >= 11 is 0. The second kappa shape index (κ2) is 7.30. The van der Waals surface area contributed by atoms with Crippen LogP contribution >= 0.6 is 0 Å². The highest BCUT2D eigenvalue weighted by atomic mass is 19.1. The second-order valence-electron chi connectivity index (χ2n) is 6.33. The molecule has 0 bridgehead atoms. The molecule has 0 fully saturated rings. The normalized spacial score (nSPS) is 18.0.